The van der Waals surface area contributed by atoms with E-state index < -0.39 is 0 Å². The minimum atomic E-state index is -0.127. The van der Waals surface area contributed by atoms with Crippen molar-refractivity contribution >= 4 is 23.3 Å². The normalized spacial score (nSPS) is 14.1. The van der Waals surface area contributed by atoms with Crippen molar-refractivity contribution in [1.29, 1.82) is 0 Å². The molecule has 3 amide bonds. The molecule has 0 spiro atoms. The van der Waals surface area contributed by atoms with Crippen molar-refractivity contribution in [1.82, 2.24) is 9.80 Å². The Morgan fingerprint density at radius 3 is 2.19 bits per heavy atom. The van der Waals surface area contributed by atoms with E-state index in [4.69, 9.17) is 0 Å². The second kappa shape index (κ2) is 7.91. The van der Waals surface area contributed by atoms with Crippen molar-refractivity contribution in [3.63, 3.8) is 0 Å². The van der Waals surface area contributed by atoms with Crippen LogP contribution in [0.1, 0.15) is 10.4 Å². The van der Waals surface area contributed by atoms with Crippen molar-refractivity contribution in [2.75, 3.05) is 50.5 Å². The number of hydrogen-bond acceptors (Lipinski definition) is 3. The van der Waals surface area contributed by atoms with Gasteiger partial charge in [0, 0.05) is 57.2 Å². The molecule has 0 aromatic heterocycles. The molecule has 3 rings (SSSR count). The van der Waals surface area contributed by atoms with Crippen LogP contribution in [-0.4, -0.2) is 62.0 Å². The van der Waals surface area contributed by atoms with Crippen LogP contribution in [0.15, 0.2) is 54.6 Å². The molecule has 1 fully saturated rings. The molecule has 0 saturated carbocycles. The van der Waals surface area contributed by atoms with Crippen LogP contribution in [-0.2, 0) is 0 Å². The van der Waals surface area contributed by atoms with E-state index >= 15 is 0 Å². The van der Waals surface area contributed by atoms with Gasteiger partial charge in [-0.3, -0.25) is 4.79 Å². The maximum Gasteiger partial charge on any atom is 0.321 e. The van der Waals surface area contributed by atoms with Crippen molar-refractivity contribution < 1.29 is 9.59 Å². The highest BCUT2D eigenvalue weighted by molar-refractivity contribution is 5.95. The summed E-state index contributed by atoms with van der Waals surface area (Å²) in [6.07, 6.45) is 0. The molecule has 2 aromatic rings. The Labute approximate surface area is 154 Å². The number of urea groups is 1. The van der Waals surface area contributed by atoms with Gasteiger partial charge in [0.25, 0.3) is 5.91 Å². The summed E-state index contributed by atoms with van der Waals surface area (Å²) in [6.45, 7) is 2.12. The maximum absolute atomic E-state index is 12.7. The van der Waals surface area contributed by atoms with Crippen molar-refractivity contribution in [3.8, 4) is 0 Å². The summed E-state index contributed by atoms with van der Waals surface area (Å²) in [5, 5.41) is 2.89. The van der Waals surface area contributed by atoms with Crippen LogP contribution in [0, 0.1) is 0 Å². The molecule has 0 bridgehead atoms. The standard InChI is InChI=1S/C20H24N4O2/c1-22(2)18-10-6-7-16(15-18)19(25)23-11-13-24(14-12-23)20(26)21-17-8-4-3-5-9-17/h3-10,15H,11-14H2,1-2H3,(H,21,26). The molecule has 26 heavy (non-hydrogen) atoms. The third-order valence-electron chi connectivity index (χ3n) is 4.49. The summed E-state index contributed by atoms with van der Waals surface area (Å²) in [4.78, 5) is 30.6. The molecule has 0 aliphatic carbocycles. The second-order valence-electron chi connectivity index (χ2n) is 6.52. The number of nitrogens with one attached hydrogen (secondary N) is 1. The third-order valence-corrected chi connectivity index (χ3v) is 4.49. The Morgan fingerprint density at radius 1 is 0.885 bits per heavy atom. The van der Waals surface area contributed by atoms with Crippen molar-refractivity contribution in [2.24, 2.45) is 0 Å². The molecule has 136 valence electrons. The van der Waals surface area contributed by atoms with E-state index in [0.717, 1.165) is 11.4 Å². The SMILES string of the molecule is CN(C)c1cccc(C(=O)N2CCN(C(=O)Nc3ccccc3)CC2)c1. The van der Waals surface area contributed by atoms with Crippen LogP contribution in [0.2, 0.25) is 0 Å². The van der Waals surface area contributed by atoms with Crippen LogP contribution in [0.5, 0.6) is 0 Å². The van der Waals surface area contributed by atoms with Crippen molar-refractivity contribution in [2.45, 2.75) is 0 Å². The zero-order chi connectivity index (χ0) is 18.5. The molecule has 0 atom stereocenters. The van der Waals surface area contributed by atoms with E-state index in [1.807, 2.05) is 73.6 Å². The van der Waals surface area contributed by atoms with E-state index in [0.29, 0.717) is 31.7 Å². The second-order valence-corrected chi connectivity index (χ2v) is 6.52. The van der Waals surface area contributed by atoms with E-state index in [2.05, 4.69) is 5.32 Å². The Balaban J connectivity index is 1.57. The predicted molar refractivity (Wildman–Crippen MR) is 104 cm³/mol. The smallest absolute Gasteiger partial charge is 0.321 e. The number of anilines is 2. The molecule has 1 aliphatic rings. The van der Waals surface area contributed by atoms with E-state index in [9.17, 15) is 9.59 Å². The number of rotatable bonds is 3. The van der Waals surface area contributed by atoms with E-state index in [-0.39, 0.29) is 11.9 Å². The molecular weight excluding hydrogens is 328 g/mol. The lowest BCUT2D eigenvalue weighted by Gasteiger charge is -2.34. The Kier molecular flexibility index (Phi) is 5.41. The number of benzene rings is 2. The first-order valence-electron chi connectivity index (χ1n) is 8.72. The lowest BCUT2D eigenvalue weighted by atomic mass is 10.1. The van der Waals surface area contributed by atoms with Crippen LogP contribution in [0.3, 0.4) is 0 Å². The number of nitrogens with zero attached hydrogens (tertiary/aromatic N) is 3. The topological polar surface area (TPSA) is 55.9 Å². The lowest BCUT2D eigenvalue weighted by molar-refractivity contribution is 0.0672. The molecular formula is C20H24N4O2. The molecule has 1 saturated heterocycles. The van der Waals surface area contributed by atoms with Gasteiger partial charge in [0.05, 0.1) is 0 Å². The molecule has 1 aliphatic heterocycles. The van der Waals surface area contributed by atoms with E-state index in [1.165, 1.54) is 0 Å². The summed E-state index contributed by atoms with van der Waals surface area (Å²) in [7, 11) is 3.90. The summed E-state index contributed by atoms with van der Waals surface area (Å²) in [6, 6.07) is 16.9. The monoisotopic (exact) mass is 352 g/mol. The van der Waals surface area contributed by atoms with E-state index in [1.54, 1.807) is 9.80 Å². The highest BCUT2D eigenvalue weighted by Crippen LogP contribution is 2.16. The fraction of sp³-hybridized carbons (Fsp3) is 0.300. The average molecular weight is 352 g/mol. The molecule has 0 radical (unpaired) electrons. The third kappa shape index (κ3) is 4.14. The van der Waals surface area contributed by atoms with Gasteiger partial charge >= 0.3 is 6.03 Å². The van der Waals surface area contributed by atoms with Gasteiger partial charge < -0.3 is 20.0 Å². The number of para-hydroxylation sites is 1. The van der Waals surface area contributed by atoms with Gasteiger partial charge in [-0.05, 0) is 30.3 Å². The first kappa shape index (κ1) is 17.8. The first-order valence-corrected chi connectivity index (χ1v) is 8.72. The van der Waals surface area contributed by atoms with Gasteiger partial charge in [0.2, 0.25) is 0 Å². The summed E-state index contributed by atoms with van der Waals surface area (Å²) < 4.78 is 0. The minimum absolute atomic E-state index is 0.0109. The minimum Gasteiger partial charge on any atom is -0.378 e. The predicted octanol–water partition coefficient (Wildman–Crippen LogP) is 2.74. The van der Waals surface area contributed by atoms with Gasteiger partial charge in [0.15, 0.2) is 0 Å². The molecule has 6 heteroatoms. The highest BCUT2D eigenvalue weighted by Gasteiger charge is 2.25. The number of carbonyl (C=O) groups is 2. The van der Waals surface area contributed by atoms with Gasteiger partial charge in [-0.15, -0.1) is 0 Å². The molecule has 6 nitrogen and oxygen atoms in total. The summed E-state index contributed by atoms with van der Waals surface area (Å²) in [5.41, 5.74) is 2.45. The molecule has 1 N–H and O–H groups in total. The number of amides is 3. The van der Waals surface area contributed by atoms with Crippen LogP contribution >= 0.6 is 0 Å². The molecule has 0 unspecified atom stereocenters. The first-order chi connectivity index (χ1) is 12.5. The van der Waals surface area contributed by atoms with Crippen LogP contribution in [0.25, 0.3) is 0 Å². The van der Waals surface area contributed by atoms with Gasteiger partial charge in [-0.2, -0.15) is 0 Å². The van der Waals surface area contributed by atoms with Gasteiger partial charge in [0.1, 0.15) is 0 Å². The zero-order valence-electron chi connectivity index (χ0n) is 15.2. The Hall–Kier alpha value is -3.02. The maximum atomic E-state index is 12.7. The largest absolute Gasteiger partial charge is 0.378 e. The fourth-order valence-corrected chi connectivity index (χ4v) is 2.94. The summed E-state index contributed by atoms with van der Waals surface area (Å²) >= 11 is 0. The van der Waals surface area contributed by atoms with Gasteiger partial charge in [-0.25, -0.2) is 4.79 Å². The number of hydrogen-bond donors (Lipinski definition) is 1. The number of piperazine rings is 1. The zero-order valence-corrected chi connectivity index (χ0v) is 15.2. The molecule has 2 aromatic carbocycles. The number of carbonyl (C=O) groups excluding carboxylic acids is 2. The van der Waals surface area contributed by atoms with Gasteiger partial charge in [-0.1, -0.05) is 24.3 Å². The van der Waals surface area contributed by atoms with Crippen LogP contribution < -0.4 is 10.2 Å². The highest BCUT2D eigenvalue weighted by atomic mass is 16.2. The summed E-state index contributed by atoms with van der Waals surface area (Å²) in [5.74, 6) is 0.0109. The Bertz CT molecular complexity index is 768. The van der Waals surface area contributed by atoms with Crippen LogP contribution in [0.4, 0.5) is 16.2 Å². The lowest BCUT2D eigenvalue weighted by Crippen LogP contribution is -2.51. The molecule has 1 heterocycles. The van der Waals surface area contributed by atoms with Crippen molar-refractivity contribution in [3.05, 3.63) is 60.2 Å². The quantitative estimate of drug-likeness (QED) is 0.924. The fourth-order valence-electron chi connectivity index (χ4n) is 2.94. The average Bonchev–Trinajstić information content (AvgIpc) is 2.68. The Morgan fingerprint density at radius 2 is 1.54 bits per heavy atom.